The molecule has 1 aromatic carbocycles. The number of hydrogen-bond donors (Lipinski definition) is 2. The fourth-order valence-corrected chi connectivity index (χ4v) is 2.22. The third-order valence-corrected chi connectivity index (χ3v) is 3.41. The Bertz CT molecular complexity index is 846. The van der Waals surface area contributed by atoms with E-state index < -0.39 is 5.91 Å². The summed E-state index contributed by atoms with van der Waals surface area (Å²) in [6.07, 6.45) is 6.73. The number of aromatic hydroxyl groups is 1. The second-order valence-corrected chi connectivity index (χ2v) is 5.13. The molecule has 0 aliphatic heterocycles. The molecule has 7 nitrogen and oxygen atoms in total. The number of ether oxygens (including phenoxy) is 1. The maximum Gasteiger partial charge on any atom is 0.259 e. The molecule has 0 aliphatic rings. The largest absolute Gasteiger partial charge is 0.507 e. The summed E-state index contributed by atoms with van der Waals surface area (Å²) in [7, 11) is 1.49. The first kappa shape index (κ1) is 15.5. The van der Waals surface area contributed by atoms with E-state index in [9.17, 15) is 9.90 Å². The van der Waals surface area contributed by atoms with Crippen LogP contribution in [0.4, 0.5) is 5.69 Å². The molecule has 2 aromatic heterocycles. The third-order valence-electron chi connectivity index (χ3n) is 3.41. The van der Waals surface area contributed by atoms with Crippen LogP contribution in [0.15, 0.2) is 55.1 Å². The number of carbonyl (C=O) groups is 1. The van der Waals surface area contributed by atoms with Crippen LogP contribution in [0.3, 0.4) is 0 Å². The first-order chi connectivity index (χ1) is 11.7. The van der Waals surface area contributed by atoms with Crippen molar-refractivity contribution >= 4 is 11.6 Å². The Morgan fingerprint density at radius 1 is 1.33 bits per heavy atom. The van der Waals surface area contributed by atoms with E-state index in [-0.39, 0.29) is 11.3 Å². The van der Waals surface area contributed by atoms with Crippen LogP contribution in [-0.2, 0) is 6.54 Å². The number of nitrogens with zero attached hydrogens (tertiary/aromatic N) is 3. The number of phenolic OH excluding ortho intramolecular Hbond substituents is 1. The predicted octanol–water partition coefficient (Wildman–Crippen LogP) is 2.29. The Morgan fingerprint density at radius 2 is 2.21 bits per heavy atom. The molecule has 0 radical (unpaired) electrons. The number of carbonyl (C=O) groups excluding carboxylic acids is 1. The van der Waals surface area contributed by atoms with Gasteiger partial charge >= 0.3 is 0 Å². The summed E-state index contributed by atoms with van der Waals surface area (Å²) >= 11 is 0. The monoisotopic (exact) mass is 324 g/mol. The zero-order valence-electron chi connectivity index (χ0n) is 13.0. The summed E-state index contributed by atoms with van der Waals surface area (Å²) in [5.74, 6) is -0.0842. The highest BCUT2D eigenvalue weighted by Gasteiger charge is 2.13. The van der Waals surface area contributed by atoms with E-state index in [0.717, 1.165) is 5.56 Å². The number of rotatable bonds is 5. The molecule has 0 fully saturated rings. The molecule has 24 heavy (non-hydrogen) atoms. The number of phenols is 1. The number of aromatic nitrogens is 3. The lowest BCUT2D eigenvalue weighted by molar-refractivity contribution is 0.102. The van der Waals surface area contributed by atoms with Crippen LogP contribution in [0.1, 0.15) is 15.9 Å². The van der Waals surface area contributed by atoms with Gasteiger partial charge in [-0.25, -0.2) is 0 Å². The van der Waals surface area contributed by atoms with Crippen LogP contribution in [0.25, 0.3) is 0 Å². The molecule has 0 unspecified atom stereocenters. The quantitative estimate of drug-likeness (QED) is 0.751. The molecule has 0 aliphatic carbocycles. The fraction of sp³-hybridized carbons (Fsp3) is 0.118. The smallest absolute Gasteiger partial charge is 0.259 e. The van der Waals surface area contributed by atoms with Gasteiger partial charge in [-0.15, -0.1) is 0 Å². The van der Waals surface area contributed by atoms with Crippen molar-refractivity contribution in [2.45, 2.75) is 6.54 Å². The summed E-state index contributed by atoms with van der Waals surface area (Å²) in [6.45, 7) is 0.553. The van der Waals surface area contributed by atoms with Crippen molar-refractivity contribution in [1.82, 2.24) is 14.8 Å². The van der Waals surface area contributed by atoms with E-state index in [1.165, 1.54) is 19.2 Å². The Hall–Kier alpha value is -3.35. The topological polar surface area (TPSA) is 89.3 Å². The van der Waals surface area contributed by atoms with Crippen LogP contribution in [0, 0.1) is 0 Å². The average Bonchev–Trinajstić information content (AvgIpc) is 3.02. The summed E-state index contributed by atoms with van der Waals surface area (Å²) in [5.41, 5.74) is 1.71. The number of benzene rings is 1. The number of amides is 1. The summed E-state index contributed by atoms with van der Waals surface area (Å²) in [4.78, 5) is 16.3. The zero-order chi connectivity index (χ0) is 16.9. The van der Waals surface area contributed by atoms with Crippen LogP contribution < -0.4 is 10.1 Å². The summed E-state index contributed by atoms with van der Waals surface area (Å²) in [5, 5.41) is 16.8. The fourth-order valence-electron chi connectivity index (χ4n) is 2.22. The standard InChI is InChI=1S/C17H16N4O3/c1-24-14-4-5-15(16(22)7-14)17(23)20-13-9-19-21(11-13)10-12-3-2-6-18-8-12/h2-9,11,22H,10H2,1H3,(H,20,23). The van der Waals surface area contributed by atoms with E-state index in [2.05, 4.69) is 15.4 Å². The molecule has 0 spiro atoms. The molecule has 0 saturated heterocycles. The molecule has 0 bridgehead atoms. The molecule has 122 valence electrons. The SMILES string of the molecule is COc1ccc(C(=O)Nc2cnn(Cc3cccnc3)c2)c(O)c1. The summed E-state index contributed by atoms with van der Waals surface area (Å²) in [6, 6.07) is 8.31. The van der Waals surface area contributed by atoms with Gasteiger partial charge in [-0.3, -0.25) is 14.5 Å². The first-order valence-corrected chi connectivity index (χ1v) is 7.25. The Labute approximate surface area is 138 Å². The van der Waals surface area contributed by atoms with Gasteiger partial charge in [0.2, 0.25) is 0 Å². The highest BCUT2D eigenvalue weighted by atomic mass is 16.5. The van der Waals surface area contributed by atoms with Crippen molar-refractivity contribution < 1.29 is 14.6 Å². The average molecular weight is 324 g/mol. The first-order valence-electron chi connectivity index (χ1n) is 7.25. The highest BCUT2D eigenvalue weighted by Crippen LogP contribution is 2.24. The van der Waals surface area contributed by atoms with Gasteiger partial charge in [-0.2, -0.15) is 5.10 Å². The van der Waals surface area contributed by atoms with Gasteiger partial charge in [0.1, 0.15) is 11.5 Å². The maximum absolute atomic E-state index is 12.2. The molecule has 7 heteroatoms. The van der Waals surface area contributed by atoms with Crippen molar-refractivity contribution in [3.63, 3.8) is 0 Å². The van der Waals surface area contributed by atoms with Gasteiger partial charge in [0.25, 0.3) is 5.91 Å². The number of pyridine rings is 1. The molecule has 3 rings (SSSR count). The van der Waals surface area contributed by atoms with Crippen molar-refractivity contribution in [2.75, 3.05) is 12.4 Å². The molecule has 2 N–H and O–H groups in total. The lowest BCUT2D eigenvalue weighted by Gasteiger charge is -2.06. The number of methoxy groups -OCH3 is 1. The third kappa shape index (κ3) is 3.52. The molecular weight excluding hydrogens is 308 g/mol. The van der Waals surface area contributed by atoms with Crippen molar-refractivity contribution in [2.24, 2.45) is 0 Å². The van der Waals surface area contributed by atoms with Crippen molar-refractivity contribution in [3.8, 4) is 11.5 Å². The lowest BCUT2D eigenvalue weighted by atomic mass is 10.2. The Balaban J connectivity index is 1.69. The second kappa shape index (κ2) is 6.82. The zero-order valence-corrected chi connectivity index (χ0v) is 13.0. The van der Waals surface area contributed by atoms with Gasteiger partial charge in [-0.05, 0) is 23.8 Å². The number of nitrogens with one attached hydrogen (secondary N) is 1. The second-order valence-electron chi connectivity index (χ2n) is 5.13. The van der Waals surface area contributed by atoms with Crippen molar-refractivity contribution in [3.05, 3.63) is 66.2 Å². The molecule has 0 saturated carbocycles. The van der Waals surface area contributed by atoms with Crippen molar-refractivity contribution in [1.29, 1.82) is 0 Å². The maximum atomic E-state index is 12.2. The van der Waals surface area contributed by atoms with Crippen LogP contribution >= 0.6 is 0 Å². The highest BCUT2D eigenvalue weighted by molar-refractivity contribution is 6.06. The van der Waals surface area contributed by atoms with Gasteiger partial charge in [0, 0.05) is 24.7 Å². The normalized spacial score (nSPS) is 10.4. The van der Waals surface area contributed by atoms with E-state index in [1.54, 1.807) is 35.5 Å². The van der Waals surface area contributed by atoms with E-state index in [4.69, 9.17) is 4.74 Å². The minimum Gasteiger partial charge on any atom is -0.507 e. The molecule has 3 aromatic rings. The van der Waals surface area contributed by atoms with Crippen LogP contribution in [0.5, 0.6) is 11.5 Å². The minimum atomic E-state index is -0.420. The van der Waals surface area contributed by atoms with Gasteiger partial charge in [0.05, 0.1) is 31.1 Å². The van der Waals surface area contributed by atoms with Crippen LogP contribution in [-0.4, -0.2) is 32.9 Å². The van der Waals surface area contributed by atoms with Gasteiger partial charge < -0.3 is 15.2 Å². The predicted molar refractivity (Wildman–Crippen MR) is 88.2 cm³/mol. The van der Waals surface area contributed by atoms with E-state index >= 15 is 0 Å². The van der Waals surface area contributed by atoms with E-state index in [0.29, 0.717) is 18.0 Å². The molecular formula is C17H16N4O3. The van der Waals surface area contributed by atoms with Gasteiger partial charge in [-0.1, -0.05) is 6.07 Å². The summed E-state index contributed by atoms with van der Waals surface area (Å²) < 4.78 is 6.69. The van der Waals surface area contributed by atoms with E-state index in [1.807, 2.05) is 12.1 Å². The molecule has 0 atom stereocenters. The lowest BCUT2D eigenvalue weighted by Crippen LogP contribution is -2.11. The number of anilines is 1. The minimum absolute atomic E-state index is 0.144. The molecule has 2 heterocycles. The molecule has 1 amide bonds. The van der Waals surface area contributed by atoms with Crippen LogP contribution in [0.2, 0.25) is 0 Å². The Morgan fingerprint density at radius 3 is 2.92 bits per heavy atom. The number of hydrogen-bond acceptors (Lipinski definition) is 5. The Kier molecular flexibility index (Phi) is 4.42. The van der Waals surface area contributed by atoms with Gasteiger partial charge in [0.15, 0.2) is 0 Å².